The normalized spacial score (nSPS) is 35.6. The molecule has 3 aliphatic heterocycles. The number of aliphatic hydroxyl groups is 3. The van der Waals surface area contributed by atoms with E-state index < -0.39 is 109 Å². The van der Waals surface area contributed by atoms with Crippen LogP contribution >= 0.6 is 0 Å². The van der Waals surface area contributed by atoms with Gasteiger partial charge in [0.2, 0.25) is 0 Å². The van der Waals surface area contributed by atoms with E-state index in [-0.39, 0.29) is 50.5 Å². The van der Waals surface area contributed by atoms with Crippen LogP contribution in [0.1, 0.15) is 98.5 Å². The lowest BCUT2D eigenvalue weighted by Gasteiger charge is -2.50. The second-order valence-electron chi connectivity index (χ2n) is 20.0. The van der Waals surface area contributed by atoms with Gasteiger partial charge in [-0.2, -0.15) is 0 Å². The molecule has 2 aromatic rings. The molecule has 5 rings (SSSR count). The SMILES string of the molecule is CCC(=O)O[C@@H]1CC(=O)OCCC(C/C=C/c2ccc3ccccc3c2)CN(C)C[C@H](O)[C@H](C)C[C@H](CC=O)[C@H](O[C@@H]2OC(C)[C@H](O[C@H]3CC(C)(O)[C@@H](OC(=O)CC)C(C)O3)C(N(C)C)C2O)[C@H]1OC. The van der Waals surface area contributed by atoms with Crippen molar-refractivity contribution in [3.8, 4) is 0 Å². The number of likely N-dealkylation sites (N-methyl/N-ethyl adjacent to an activating group) is 2. The first kappa shape index (κ1) is 57.0. The largest absolute Gasteiger partial charge is 0.466 e. The molecule has 17 nitrogen and oxygen atoms in total. The highest BCUT2D eigenvalue weighted by molar-refractivity contribution is 5.84. The smallest absolute Gasteiger partial charge is 0.309 e. The van der Waals surface area contributed by atoms with E-state index in [2.05, 4.69) is 47.4 Å². The van der Waals surface area contributed by atoms with Crippen LogP contribution in [0, 0.1) is 17.8 Å². The van der Waals surface area contributed by atoms with Gasteiger partial charge in [0.25, 0.3) is 0 Å². The van der Waals surface area contributed by atoms with Gasteiger partial charge in [0.1, 0.15) is 36.3 Å². The molecule has 0 bridgehead atoms. The van der Waals surface area contributed by atoms with Crippen LogP contribution in [0.2, 0.25) is 0 Å². The monoisotopic (exact) mass is 985 g/mol. The van der Waals surface area contributed by atoms with E-state index in [4.69, 9.17) is 37.9 Å². The summed E-state index contributed by atoms with van der Waals surface area (Å²) in [4.78, 5) is 55.5. The molecule has 0 spiro atoms. The van der Waals surface area contributed by atoms with Crippen LogP contribution in [-0.4, -0.2) is 176 Å². The zero-order valence-electron chi connectivity index (χ0n) is 42.8. The molecule has 16 atom stereocenters. The number of hydrogen-bond acceptors (Lipinski definition) is 17. The highest BCUT2D eigenvalue weighted by Gasteiger charge is 2.53. The van der Waals surface area contributed by atoms with Gasteiger partial charge in [-0.15, -0.1) is 0 Å². The minimum Gasteiger partial charge on any atom is -0.466 e. The summed E-state index contributed by atoms with van der Waals surface area (Å²) in [5, 5.41) is 37.7. The zero-order chi connectivity index (χ0) is 51.3. The van der Waals surface area contributed by atoms with E-state index in [0.29, 0.717) is 25.9 Å². The van der Waals surface area contributed by atoms with Gasteiger partial charge in [-0.3, -0.25) is 14.4 Å². The number of esters is 3. The van der Waals surface area contributed by atoms with Crippen molar-refractivity contribution in [3.05, 3.63) is 54.1 Å². The van der Waals surface area contributed by atoms with Crippen molar-refractivity contribution in [2.24, 2.45) is 17.8 Å². The van der Waals surface area contributed by atoms with E-state index in [1.165, 1.54) is 7.11 Å². The van der Waals surface area contributed by atoms with E-state index >= 15 is 0 Å². The van der Waals surface area contributed by atoms with Gasteiger partial charge in [-0.05, 0) is 101 Å². The Morgan fingerprint density at radius 1 is 0.914 bits per heavy atom. The molecule has 0 amide bonds. The van der Waals surface area contributed by atoms with Gasteiger partial charge in [0, 0.05) is 45.9 Å². The molecule has 3 saturated heterocycles. The van der Waals surface area contributed by atoms with Crippen LogP contribution in [0.4, 0.5) is 0 Å². The summed E-state index contributed by atoms with van der Waals surface area (Å²) in [7, 11) is 6.85. The molecule has 3 aliphatic rings. The zero-order valence-corrected chi connectivity index (χ0v) is 42.8. The summed E-state index contributed by atoms with van der Waals surface area (Å²) < 4.78 is 49.3. The maximum atomic E-state index is 13.8. The molecule has 6 unspecified atom stereocenters. The molecule has 17 heteroatoms. The Morgan fingerprint density at radius 3 is 2.27 bits per heavy atom. The van der Waals surface area contributed by atoms with E-state index in [9.17, 15) is 34.5 Å². The van der Waals surface area contributed by atoms with Gasteiger partial charge in [-0.1, -0.05) is 69.3 Å². The third kappa shape index (κ3) is 15.6. The molecule has 70 heavy (non-hydrogen) atoms. The summed E-state index contributed by atoms with van der Waals surface area (Å²) >= 11 is 0. The summed E-state index contributed by atoms with van der Waals surface area (Å²) in [6.07, 6.45) is -5.42. The van der Waals surface area contributed by atoms with Gasteiger partial charge >= 0.3 is 17.9 Å². The average Bonchev–Trinajstić information content (AvgIpc) is 3.30. The summed E-state index contributed by atoms with van der Waals surface area (Å²) in [5.41, 5.74) is -0.428. The molecule has 0 aliphatic carbocycles. The Bertz CT molecular complexity index is 2020. The molecule has 0 aromatic heterocycles. The van der Waals surface area contributed by atoms with Crippen LogP contribution in [0.5, 0.6) is 0 Å². The Kier molecular flexibility index (Phi) is 21.8. The highest BCUT2D eigenvalue weighted by Crippen LogP contribution is 2.38. The Morgan fingerprint density at radius 2 is 1.61 bits per heavy atom. The number of hydrogen-bond donors (Lipinski definition) is 3. The number of allylic oxidation sites excluding steroid dienone is 1. The van der Waals surface area contributed by atoms with Crippen LogP contribution < -0.4 is 0 Å². The number of nitrogens with zero attached hydrogens (tertiary/aromatic N) is 2. The number of rotatable bonds is 15. The summed E-state index contributed by atoms with van der Waals surface area (Å²) in [6.45, 7) is 11.2. The van der Waals surface area contributed by atoms with Crippen molar-refractivity contribution in [2.75, 3.05) is 47.9 Å². The number of carbonyl (C=O) groups excluding carboxylic acids is 4. The molecule has 0 radical (unpaired) electrons. The highest BCUT2D eigenvalue weighted by atomic mass is 16.7. The first-order valence-corrected chi connectivity index (χ1v) is 25.0. The summed E-state index contributed by atoms with van der Waals surface area (Å²) in [5.74, 6) is -2.73. The number of cyclic esters (lactones) is 1. The fourth-order valence-corrected chi connectivity index (χ4v) is 10.2. The van der Waals surface area contributed by atoms with Gasteiger partial charge in [0.05, 0.1) is 43.5 Å². The lowest BCUT2D eigenvalue weighted by Crippen LogP contribution is -2.66. The first-order chi connectivity index (χ1) is 33.3. The van der Waals surface area contributed by atoms with Gasteiger partial charge in [-0.25, -0.2) is 0 Å². The maximum absolute atomic E-state index is 13.8. The number of ether oxygens (including phenoxy) is 8. The molecular weight excluding hydrogens is 905 g/mol. The van der Waals surface area contributed by atoms with Crippen molar-refractivity contribution in [1.29, 1.82) is 0 Å². The third-order valence-electron chi connectivity index (χ3n) is 14.0. The van der Waals surface area contributed by atoms with Gasteiger partial charge < -0.3 is 67.8 Å². The number of aldehydes is 1. The van der Waals surface area contributed by atoms with E-state index in [1.807, 2.05) is 26.1 Å². The van der Waals surface area contributed by atoms with Crippen LogP contribution in [0.3, 0.4) is 0 Å². The van der Waals surface area contributed by atoms with Crippen LogP contribution in [0.15, 0.2) is 48.5 Å². The number of fused-ring (bicyclic) bond motifs is 1. The molecule has 0 saturated carbocycles. The van der Waals surface area contributed by atoms with Crippen molar-refractivity contribution in [2.45, 2.75) is 172 Å². The van der Waals surface area contributed by atoms with Crippen molar-refractivity contribution < 1.29 is 72.4 Å². The van der Waals surface area contributed by atoms with E-state index in [1.54, 1.807) is 53.6 Å². The number of aliphatic hydroxyl groups excluding tert-OH is 2. The minimum absolute atomic E-state index is 0.00620. The Labute approximate surface area is 414 Å². The second kappa shape index (κ2) is 26.7. The van der Waals surface area contributed by atoms with Gasteiger partial charge in [0.15, 0.2) is 18.7 Å². The average molecular weight is 985 g/mol. The Hall–Kier alpha value is -3.88. The lowest BCUT2D eigenvalue weighted by atomic mass is 9.82. The molecule has 3 fully saturated rings. The molecule has 3 heterocycles. The van der Waals surface area contributed by atoms with Crippen molar-refractivity contribution >= 4 is 41.0 Å². The fourth-order valence-electron chi connectivity index (χ4n) is 10.2. The number of methoxy groups -OCH3 is 1. The molecule has 392 valence electrons. The fraction of sp³-hybridized carbons (Fsp3) is 0.698. The quantitative estimate of drug-likeness (QED) is 0.121. The Balaban J connectivity index is 1.40. The standard InChI is InChI=1S/C53H80N2O15/c1-11-42(58)67-41-28-44(60)64-25-23-36(17-15-16-35-20-21-37-18-13-14-19-38(37)27-35)30-55(9)31-40(57)32(3)26-39(22-24-56)49(50(41)63-10)70-52-47(61)46(54(7)8)48(33(4)66-52)69-45-29-53(6,62)51(34(5)65-45)68-43(59)12-2/h13-16,18-21,24,27,32-34,36,39-41,45-52,57,61-62H,11-12,17,22-23,25-26,28-31H2,1-10H3/b16-15+/t32-,33?,34?,36?,39+,40+,41-,45+,46?,47?,48+,49+,50+,51+,52+,53?/m1/s1. The predicted octanol–water partition coefficient (Wildman–Crippen LogP) is 5.07. The van der Waals surface area contributed by atoms with Crippen molar-refractivity contribution in [3.63, 3.8) is 0 Å². The number of carbonyl (C=O) groups is 4. The number of benzene rings is 2. The van der Waals surface area contributed by atoms with Crippen LogP contribution in [-0.2, 0) is 57.1 Å². The third-order valence-corrected chi connectivity index (χ3v) is 14.0. The molecular formula is C53H80N2O15. The maximum Gasteiger partial charge on any atom is 0.309 e. The topological polar surface area (TPSA) is 209 Å². The minimum atomic E-state index is -1.50. The lowest BCUT2D eigenvalue weighted by molar-refractivity contribution is -0.344. The second-order valence-corrected chi connectivity index (χ2v) is 20.0. The van der Waals surface area contributed by atoms with E-state index in [0.717, 1.165) is 22.6 Å². The molecule has 3 N–H and O–H groups in total. The first-order valence-electron chi connectivity index (χ1n) is 25.0. The summed E-state index contributed by atoms with van der Waals surface area (Å²) in [6, 6.07) is 13.7. The predicted molar refractivity (Wildman–Crippen MR) is 261 cm³/mol. The van der Waals surface area contributed by atoms with Crippen LogP contribution in [0.25, 0.3) is 16.8 Å². The molecule has 2 aromatic carbocycles. The number of β-amino-alcohol motifs (C(OH)–C–C–N with tert-alkyl or cyclic N) is 1. The van der Waals surface area contributed by atoms with Crippen molar-refractivity contribution in [1.82, 2.24) is 9.80 Å².